The molecule has 0 spiro atoms. The Kier molecular flexibility index (Phi) is 5.56. The highest BCUT2D eigenvalue weighted by Gasteiger charge is 2.16. The van der Waals surface area contributed by atoms with E-state index in [1.165, 1.54) is 24.9 Å². The van der Waals surface area contributed by atoms with Gasteiger partial charge in [-0.2, -0.15) is 0 Å². The van der Waals surface area contributed by atoms with E-state index in [0.29, 0.717) is 5.56 Å². The number of unbranched alkanes of at least 4 members (excludes halogenated alkanes) is 1. The van der Waals surface area contributed by atoms with Crippen LogP contribution in [0, 0.1) is 0 Å². The summed E-state index contributed by atoms with van der Waals surface area (Å²) in [5.74, 6) is -0.860. The molecule has 0 saturated carbocycles. The number of piperazine rings is 1. The average molecular weight is 276 g/mol. The molecule has 0 radical (unpaired) electrons. The van der Waals surface area contributed by atoms with Crippen LogP contribution < -0.4 is 0 Å². The maximum atomic E-state index is 10.8. The van der Waals surface area contributed by atoms with Crippen LogP contribution in [0.15, 0.2) is 24.3 Å². The third kappa shape index (κ3) is 4.32. The number of carbonyl (C=O) groups is 1. The van der Waals surface area contributed by atoms with Crippen LogP contribution in [0.5, 0.6) is 0 Å². The van der Waals surface area contributed by atoms with E-state index in [1.54, 1.807) is 12.1 Å². The van der Waals surface area contributed by atoms with E-state index in [1.807, 2.05) is 12.1 Å². The van der Waals surface area contributed by atoms with Crippen molar-refractivity contribution in [3.8, 4) is 0 Å². The zero-order chi connectivity index (χ0) is 14.4. The van der Waals surface area contributed by atoms with Crippen LogP contribution in [0.2, 0.25) is 0 Å². The van der Waals surface area contributed by atoms with E-state index >= 15 is 0 Å². The third-order valence-corrected chi connectivity index (χ3v) is 3.90. The molecule has 0 aromatic heterocycles. The number of nitrogens with zero attached hydrogens (tertiary/aromatic N) is 2. The molecule has 110 valence electrons. The lowest BCUT2D eigenvalue weighted by Crippen LogP contribution is -2.46. The lowest BCUT2D eigenvalue weighted by atomic mass is 10.1. The maximum Gasteiger partial charge on any atom is 0.335 e. The Labute approximate surface area is 121 Å². The molecule has 20 heavy (non-hydrogen) atoms. The molecule has 1 fully saturated rings. The minimum atomic E-state index is -0.860. The molecule has 0 bridgehead atoms. The summed E-state index contributed by atoms with van der Waals surface area (Å²) in [7, 11) is 0. The van der Waals surface area contributed by atoms with Crippen molar-refractivity contribution in [3.05, 3.63) is 35.4 Å². The van der Waals surface area contributed by atoms with Crippen molar-refractivity contribution >= 4 is 5.97 Å². The molecule has 1 heterocycles. The zero-order valence-electron chi connectivity index (χ0n) is 12.2. The van der Waals surface area contributed by atoms with Gasteiger partial charge in [-0.15, -0.1) is 0 Å². The minimum absolute atomic E-state index is 0.359. The van der Waals surface area contributed by atoms with Crippen LogP contribution >= 0.6 is 0 Å². The van der Waals surface area contributed by atoms with E-state index in [2.05, 4.69) is 16.7 Å². The summed E-state index contributed by atoms with van der Waals surface area (Å²) >= 11 is 0. The summed E-state index contributed by atoms with van der Waals surface area (Å²) in [5, 5.41) is 8.88. The van der Waals surface area contributed by atoms with Gasteiger partial charge in [0.05, 0.1) is 5.56 Å². The van der Waals surface area contributed by atoms with Gasteiger partial charge >= 0.3 is 5.97 Å². The number of benzene rings is 1. The standard InChI is InChI=1S/C16H24N2O2/c1-2-3-8-17-9-11-18(12-10-17)13-14-4-6-15(7-5-14)16(19)20/h4-7H,2-3,8-13H2,1H3,(H,19,20). The summed E-state index contributed by atoms with van der Waals surface area (Å²) in [5.41, 5.74) is 1.55. The molecule has 0 unspecified atom stereocenters. The molecule has 4 nitrogen and oxygen atoms in total. The second-order valence-corrected chi connectivity index (χ2v) is 5.47. The van der Waals surface area contributed by atoms with E-state index in [9.17, 15) is 4.79 Å². The first-order chi connectivity index (χ1) is 9.69. The summed E-state index contributed by atoms with van der Waals surface area (Å²) in [4.78, 5) is 15.8. The fraction of sp³-hybridized carbons (Fsp3) is 0.562. The van der Waals surface area contributed by atoms with Crippen LogP contribution in [-0.2, 0) is 6.54 Å². The van der Waals surface area contributed by atoms with Crippen molar-refractivity contribution in [2.24, 2.45) is 0 Å². The number of aromatic carboxylic acids is 1. The Hall–Kier alpha value is -1.39. The van der Waals surface area contributed by atoms with Crippen molar-refractivity contribution in [2.75, 3.05) is 32.7 Å². The number of carboxylic acid groups (broad SMARTS) is 1. The van der Waals surface area contributed by atoms with Gasteiger partial charge in [0.25, 0.3) is 0 Å². The molecule has 2 rings (SSSR count). The Morgan fingerprint density at radius 1 is 1.10 bits per heavy atom. The van der Waals surface area contributed by atoms with Crippen molar-refractivity contribution in [1.29, 1.82) is 0 Å². The molecule has 1 N–H and O–H groups in total. The van der Waals surface area contributed by atoms with Crippen molar-refractivity contribution in [2.45, 2.75) is 26.3 Å². The van der Waals surface area contributed by atoms with Gasteiger partial charge in [0.1, 0.15) is 0 Å². The number of rotatable bonds is 6. The first kappa shape index (κ1) is 15.0. The van der Waals surface area contributed by atoms with E-state index in [0.717, 1.165) is 32.7 Å². The molecule has 4 heteroatoms. The molecule has 1 saturated heterocycles. The maximum absolute atomic E-state index is 10.8. The van der Waals surface area contributed by atoms with Gasteiger partial charge in [-0.05, 0) is 30.7 Å². The van der Waals surface area contributed by atoms with Crippen LogP contribution in [0.1, 0.15) is 35.7 Å². The molecule has 0 aliphatic carbocycles. The molecule has 0 atom stereocenters. The zero-order valence-corrected chi connectivity index (χ0v) is 12.2. The van der Waals surface area contributed by atoms with Crippen LogP contribution in [0.3, 0.4) is 0 Å². The fourth-order valence-corrected chi connectivity index (χ4v) is 2.56. The fourth-order valence-electron chi connectivity index (χ4n) is 2.56. The molecule has 1 aromatic rings. The Morgan fingerprint density at radius 3 is 2.25 bits per heavy atom. The average Bonchev–Trinajstić information content (AvgIpc) is 2.47. The van der Waals surface area contributed by atoms with Gasteiger partial charge in [-0.1, -0.05) is 25.5 Å². The Balaban J connectivity index is 1.79. The largest absolute Gasteiger partial charge is 0.478 e. The van der Waals surface area contributed by atoms with Crippen LogP contribution in [-0.4, -0.2) is 53.6 Å². The number of hydrogen-bond donors (Lipinski definition) is 1. The molecule has 1 aliphatic heterocycles. The number of hydrogen-bond acceptors (Lipinski definition) is 3. The summed E-state index contributed by atoms with van der Waals surface area (Å²) in [6.45, 7) is 8.87. The van der Waals surface area contributed by atoms with Gasteiger partial charge < -0.3 is 10.0 Å². The van der Waals surface area contributed by atoms with Crippen molar-refractivity contribution < 1.29 is 9.90 Å². The third-order valence-electron chi connectivity index (χ3n) is 3.90. The first-order valence-corrected chi connectivity index (χ1v) is 7.46. The quantitative estimate of drug-likeness (QED) is 0.866. The first-order valence-electron chi connectivity index (χ1n) is 7.46. The SMILES string of the molecule is CCCCN1CCN(Cc2ccc(C(=O)O)cc2)CC1. The highest BCUT2D eigenvalue weighted by molar-refractivity contribution is 5.87. The molecule has 1 aromatic carbocycles. The predicted molar refractivity (Wildman–Crippen MR) is 80.0 cm³/mol. The Bertz CT molecular complexity index is 423. The molecular weight excluding hydrogens is 252 g/mol. The van der Waals surface area contributed by atoms with E-state index in [-0.39, 0.29) is 0 Å². The number of carboxylic acids is 1. The smallest absolute Gasteiger partial charge is 0.335 e. The van der Waals surface area contributed by atoms with Crippen LogP contribution in [0.4, 0.5) is 0 Å². The van der Waals surface area contributed by atoms with E-state index < -0.39 is 5.97 Å². The molecule has 1 aliphatic rings. The van der Waals surface area contributed by atoms with Gasteiger partial charge in [-0.25, -0.2) is 4.79 Å². The lowest BCUT2D eigenvalue weighted by molar-refractivity contribution is 0.0697. The van der Waals surface area contributed by atoms with Gasteiger partial charge in [0, 0.05) is 32.7 Å². The van der Waals surface area contributed by atoms with Crippen molar-refractivity contribution in [1.82, 2.24) is 9.80 Å². The normalized spacial score (nSPS) is 17.2. The summed E-state index contributed by atoms with van der Waals surface area (Å²) in [6, 6.07) is 7.23. The minimum Gasteiger partial charge on any atom is -0.478 e. The second-order valence-electron chi connectivity index (χ2n) is 5.47. The Morgan fingerprint density at radius 2 is 1.70 bits per heavy atom. The topological polar surface area (TPSA) is 43.8 Å². The molecule has 0 amide bonds. The van der Waals surface area contributed by atoms with E-state index in [4.69, 9.17) is 5.11 Å². The summed E-state index contributed by atoms with van der Waals surface area (Å²) in [6.07, 6.45) is 2.55. The van der Waals surface area contributed by atoms with Crippen LogP contribution in [0.25, 0.3) is 0 Å². The predicted octanol–water partition coefficient (Wildman–Crippen LogP) is 2.30. The highest BCUT2D eigenvalue weighted by Crippen LogP contribution is 2.10. The molecular formula is C16H24N2O2. The van der Waals surface area contributed by atoms with Gasteiger partial charge in [-0.3, -0.25) is 4.90 Å². The van der Waals surface area contributed by atoms with Gasteiger partial charge in [0.15, 0.2) is 0 Å². The highest BCUT2D eigenvalue weighted by atomic mass is 16.4. The second kappa shape index (κ2) is 7.41. The van der Waals surface area contributed by atoms with Crippen molar-refractivity contribution in [3.63, 3.8) is 0 Å². The monoisotopic (exact) mass is 276 g/mol. The lowest BCUT2D eigenvalue weighted by Gasteiger charge is -2.34. The summed E-state index contributed by atoms with van der Waals surface area (Å²) < 4.78 is 0. The van der Waals surface area contributed by atoms with Gasteiger partial charge in [0.2, 0.25) is 0 Å².